The number of piperidine rings is 1. The molecule has 6 nitrogen and oxygen atoms in total. The third-order valence-corrected chi connectivity index (χ3v) is 7.09. The van der Waals surface area contributed by atoms with Crippen LogP contribution >= 0.6 is 0 Å². The van der Waals surface area contributed by atoms with Crippen molar-refractivity contribution in [1.29, 1.82) is 0 Å². The van der Waals surface area contributed by atoms with Crippen LogP contribution in [-0.2, 0) is 17.8 Å². The van der Waals surface area contributed by atoms with Crippen molar-refractivity contribution in [1.82, 2.24) is 14.6 Å². The molecule has 9 heteroatoms. The number of aromatic nitrogens is 1. The van der Waals surface area contributed by atoms with E-state index in [0.717, 1.165) is 5.69 Å². The van der Waals surface area contributed by atoms with E-state index in [9.17, 15) is 23.2 Å². The molecule has 0 aromatic carbocycles. The quantitative estimate of drug-likeness (QED) is 0.758. The van der Waals surface area contributed by atoms with Crippen molar-refractivity contribution in [3.05, 3.63) is 29.1 Å². The van der Waals surface area contributed by atoms with Crippen molar-refractivity contribution in [2.45, 2.75) is 57.2 Å². The molecule has 1 aromatic heterocycles. The summed E-state index contributed by atoms with van der Waals surface area (Å²) in [5.41, 5.74) is 0.867. The minimum atomic E-state index is -2.62. The third kappa shape index (κ3) is 3.90. The Morgan fingerprint density at radius 2 is 2.07 bits per heavy atom. The number of hydrogen-bond acceptors (Lipinski definition) is 4. The number of nitrogens with one attached hydrogen (secondary N) is 1. The van der Waals surface area contributed by atoms with Gasteiger partial charge in [-0.05, 0) is 51.7 Å². The highest BCUT2D eigenvalue weighted by molar-refractivity contribution is 7.90. The summed E-state index contributed by atoms with van der Waals surface area (Å²) in [5, 5.41) is 9.22. The van der Waals surface area contributed by atoms with Gasteiger partial charge in [0.2, 0.25) is 0 Å². The van der Waals surface area contributed by atoms with Crippen molar-refractivity contribution >= 4 is 17.5 Å². The summed E-state index contributed by atoms with van der Waals surface area (Å²) in [4.78, 5) is 16.9. The maximum atomic E-state index is 13.2. The fourth-order valence-corrected chi connectivity index (χ4v) is 4.84. The van der Waals surface area contributed by atoms with E-state index in [1.54, 1.807) is 0 Å². The fraction of sp³-hybridized carbons (Fsp3) is 0.667. The molecule has 3 rings (SSSR count). The summed E-state index contributed by atoms with van der Waals surface area (Å²) in [6.45, 7) is 6.27. The Bertz CT molecular complexity index is 718. The van der Waals surface area contributed by atoms with E-state index in [1.165, 1.54) is 17.2 Å². The maximum Gasteiger partial charge on any atom is 0.407 e. The average molecular weight is 401 g/mol. The van der Waals surface area contributed by atoms with Crippen LogP contribution in [0, 0.1) is 5.41 Å². The van der Waals surface area contributed by atoms with Crippen molar-refractivity contribution in [3.8, 4) is 0 Å². The largest absolute Gasteiger partial charge is 0.598 e. The second-order valence-electron chi connectivity index (χ2n) is 8.35. The minimum absolute atomic E-state index is 0.151. The second-order valence-corrected chi connectivity index (χ2v) is 10.3. The molecule has 1 amide bonds. The van der Waals surface area contributed by atoms with Gasteiger partial charge in [-0.1, -0.05) is 0 Å². The van der Waals surface area contributed by atoms with Gasteiger partial charge in [-0.3, -0.25) is 4.98 Å². The molecular weight excluding hydrogens is 376 g/mol. The zero-order chi connectivity index (χ0) is 20.0. The number of hydrogen-bond donors (Lipinski definition) is 2. The van der Waals surface area contributed by atoms with Crippen LogP contribution in [0.2, 0.25) is 0 Å². The average Bonchev–Trinajstić information content (AvgIpc) is 2.87. The summed E-state index contributed by atoms with van der Waals surface area (Å²) in [6, 6.07) is 1.07. The fourth-order valence-electron chi connectivity index (χ4n) is 3.89. The van der Waals surface area contributed by atoms with Crippen molar-refractivity contribution in [2.24, 2.45) is 5.41 Å². The molecule has 1 aliphatic heterocycles. The Hall–Kier alpha value is -1.45. The van der Waals surface area contributed by atoms with Crippen LogP contribution in [0.4, 0.5) is 13.6 Å². The number of rotatable bonds is 3. The van der Waals surface area contributed by atoms with Gasteiger partial charge in [0.1, 0.15) is 4.75 Å². The SMILES string of the molecule is CC(C)(C)[S+]([O-])N[C@@H]1c2cc(C(F)F)cnc2CC12CCN(C(=O)O)CC2. The van der Waals surface area contributed by atoms with Gasteiger partial charge in [0.25, 0.3) is 6.43 Å². The van der Waals surface area contributed by atoms with Gasteiger partial charge >= 0.3 is 6.09 Å². The number of halogens is 2. The summed E-state index contributed by atoms with van der Waals surface area (Å²) in [7, 11) is 0. The second kappa shape index (κ2) is 7.18. The van der Waals surface area contributed by atoms with Gasteiger partial charge in [0, 0.05) is 47.3 Å². The van der Waals surface area contributed by atoms with E-state index < -0.39 is 34.7 Å². The summed E-state index contributed by atoms with van der Waals surface area (Å²) in [6.07, 6.45) is -0.675. The van der Waals surface area contributed by atoms with Gasteiger partial charge in [0.15, 0.2) is 0 Å². The smallest absolute Gasteiger partial charge is 0.407 e. The van der Waals surface area contributed by atoms with E-state index in [4.69, 9.17) is 0 Å². The molecule has 2 aliphatic rings. The van der Waals surface area contributed by atoms with Crippen LogP contribution < -0.4 is 4.72 Å². The molecule has 1 fully saturated rings. The molecule has 1 aromatic rings. The van der Waals surface area contributed by atoms with Crippen LogP contribution in [0.3, 0.4) is 0 Å². The first kappa shape index (κ1) is 20.3. The number of pyridine rings is 1. The Labute approximate surface area is 160 Å². The van der Waals surface area contributed by atoms with Gasteiger partial charge < -0.3 is 14.6 Å². The van der Waals surface area contributed by atoms with Crippen molar-refractivity contribution in [3.63, 3.8) is 0 Å². The van der Waals surface area contributed by atoms with Crippen molar-refractivity contribution < 1.29 is 23.2 Å². The lowest BCUT2D eigenvalue weighted by Gasteiger charge is -2.43. The third-order valence-electron chi connectivity index (χ3n) is 5.53. The molecule has 1 unspecified atom stereocenters. The van der Waals surface area contributed by atoms with Crippen molar-refractivity contribution in [2.75, 3.05) is 13.1 Å². The maximum absolute atomic E-state index is 13.2. The normalized spacial score (nSPS) is 22.9. The Balaban J connectivity index is 1.95. The molecule has 0 bridgehead atoms. The van der Waals surface area contributed by atoms with Crippen LogP contribution in [-0.4, -0.2) is 43.5 Å². The zero-order valence-corrected chi connectivity index (χ0v) is 16.5. The summed E-state index contributed by atoms with van der Waals surface area (Å²) < 4.78 is 41.8. The minimum Gasteiger partial charge on any atom is -0.598 e. The lowest BCUT2D eigenvalue weighted by atomic mass is 9.73. The highest BCUT2D eigenvalue weighted by Gasteiger charge is 2.51. The van der Waals surface area contributed by atoms with E-state index in [2.05, 4.69) is 9.71 Å². The zero-order valence-electron chi connectivity index (χ0n) is 15.7. The Morgan fingerprint density at radius 1 is 1.44 bits per heavy atom. The lowest BCUT2D eigenvalue weighted by molar-refractivity contribution is 0.0761. The highest BCUT2D eigenvalue weighted by Crippen LogP contribution is 2.52. The number of likely N-dealkylation sites (tertiary alicyclic amines) is 1. The van der Waals surface area contributed by atoms with Crippen LogP contribution in [0.5, 0.6) is 0 Å². The molecule has 2 atom stereocenters. The standard InChI is InChI=1S/C18H25F2N3O3S/c1-17(2,3)27(26)22-14-12-8-11(15(19)20)10-21-13(12)9-18(14)4-6-23(7-5-18)16(24)25/h8,10,14-15,22H,4-7,9H2,1-3H3,(H,24,25)/t14-,27?/m1/s1. The first-order valence-electron chi connectivity index (χ1n) is 8.96. The number of fused-ring (bicyclic) bond motifs is 1. The van der Waals surface area contributed by atoms with Crippen LogP contribution in [0.1, 0.15) is 62.9 Å². The van der Waals surface area contributed by atoms with E-state index in [1.807, 2.05) is 20.8 Å². The predicted octanol–water partition coefficient (Wildman–Crippen LogP) is 3.43. The van der Waals surface area contributed by atoms with Crippen LogP contribution in [0.15, 0.2) is 12.3 Å². The Morgan fingerprint density at radius 3 is 2.59 bits per heavy atom. The number of carboxylic acid groups (broad SMARTS) is 1. The number of amides is 1. The van der Waals surface area contributed by atoms with Crippen LogP contribution in [0.25, 0.3) is 0 Å². The summed E-state index contributed by atoms with van der Waals surface area (Å²) >= 11 is -1.39. The molecule has 27 heavy (non-hydrogen) atoms. The van der Waals surface area contributed by atoms with Gasteiger partial charge in [-0.15, -0.1) is 4.72 Å². The molecule has 150 valence electrons. The first-order chi connectivity index (χ1) is 12.5. The molecule has 1 spiro atoms. The molecule has 2 heterocycles. The van der Waals surface area contributed by atoms with Gasteiger partial charge in [0.05, 0.1) is 6.04 Å². The van der Waals surface area contributed by atoms with Gasteiger partial charge in [-0.25, -0.2) is 13.6 Å². The molecule has 0 radical (unpaired) electrons. The van der Waals surface area contributed by atoms with E-state index >= 15 is 0 Å². The molecule has 0 saturated carbocycles. The monoisotopic (exact) mass is 401 g/mol. The van der Waals surface area contributed by atoms with Gasteiger partial charge in [-0.2, -0.15) is 0 Å². The van der Waals surface area contributed by atoms with E-state index in [0.29, 0.717) is 37.9 Å². The summed E-state index contributed by atoms with van der Waals surface area (Å²) in [5.74, 6) is 0. The highest BCUT2D eigenvalue weighted by atomic mass is 32.2. The first-order valence-corrected chi connectivity index (χ1v) is 10.1. The number of nitrogens with zero attached hydrogens (tertiary/aromatic N) is 2. The topological polar surface area (TPSA) is 88.5 Å². The molecule has 2 N–H and O–H groups in total. The number of alkyl halides is 2. The Kier molecular flexibility index (Phi) is 5.39. The predicted molar refractivity (Wildman–Crippen MR) is 97.9 cm³/mol. The number of carbonyl (C=O) groups is 1. The van der Waals surface area contributed by atoms with E-state index in [-0.39, 0.29) is 11.0 Å². The molecular formula is C18H25F2N3O3S. The molecule has 1 saturated heterocycles. The molecule has 1 aliphatic carbocycles. The lowest BCUT2D eigenvalue weighted by Crippen LogP contribution is -2.50.